The SMILES string of the molecule is CCS(=O)(=O)NC(CCSC)C(=O)NC1CCCC1CO. The highest BCUT2D eigenvalue weighted by Crippen LogP contribution is 2.25. The second kappa shape index (κ2) is 8.97. The number of amides is 1. The molecule has 1 aliphatic carbocycles. The van der Waals surface area contributed by atoms with Crippen LogP contribution in [0.15, 0.2) is 0 Å². The molecule has 3 N–H and O–H groups in total. The molecular formula is C13H26N2O4S2. The Morgan fingerprint density at radius 3 is 2.71 bits per heavy atom. The molecule has 1 amide bonds. The molecule has 0 saturated heterocycles. The first-order valence-electron chi connectivity index (χ1n) is 7.33. The molecule has 6 nitrogen and oxygen atoms in total. The molecular weight excluding hydrogens is 312 g/mol. The minimum Gasteiger partial charge on any atom is -0.396 e. The predicted octanol–water partition coefficient (Wildman–Crippen LogP) is 0.325. The van der Waals surface area contributed by atoms with Gasteiger partial charge in [-0.15, -0.1) is 0 Å². The maximum Gasteiger partial charge on any atom is 0.238 e. The van der Waals surface area contributed by atoms with Gasteiger partial charge in [-0.1, -0.05) is 6.42 Å². The quantitative estimate of drug-likeness (QED) is 0.563. The van der Waals surface area contributed by atoms with Gasteiger partial charge < -0.3 is 10.4 Å². The van der Waals surface area contributed by atoms with Crippen LogP contribution in [0, 0.1) is 5.92 Å². The molecule has 0 aromatic rings. The zero-order valence-electron chi connectivity index (χ0n) is 12.7. The molecule has 3 atom stereocenters. The monoisotopic (exact) mass is 338 g/mol. The highest BCUT2D eigenvalue weighted by molar-refractivity contribution is 7.98. The summed E-state index contributed by atoms with van der Waals surface area (Å²) in [4.78, 5) is 12.3. The zero-order chi connectivity index (χ0) is 15.9. The Hall–Kier alpha value is -0.310. The van der Waals surface area contributed by atoms with E-state index in [0.717, 1.165) is 19.3 Å². The Kier molecular flexibility index (Phi) is 8.00. The zero-order valence-corrected chi connectivity index (χ0v) is 14.3. The summed E-state index contributed by atoms with van der Waals surface area (Å²) in [6.07, 6.45) is 5.10. The number of carbonyl (C=O) groups excluding carboxylic acids is 1. The molecule has 0 heterocycles. The molecule has 8 heteroatoms. The van der Waals surface area contributed by atoms with E-state index in [4.69, 9.17) is 0 Å². The van der Waals surface area contributed by atoms with E-state index < -0.39 is 16.1 Å². The van der Waals surface area contributed by atoms with E-state index in [1.807, 2.05) is 6.26 Å². The van der Waals surface area contributed by atoms with E-state index in [9.17, 15) is 18.3 Å². The van der Waals surface area contributed by atoms with Crippen molar-refractivity contribution in [2.45, 2.75) is 44.7 Å². The Labute approximate surface area is 131 Å². The number of aliphatic hydroxyl groups excluding tert-OH is 1. The Morgan fingerprint density at radius 2 is 2.14 bits per heavy atom. The van der Waals surface area contributed by atoms with E-state index >= 15 is 0 Å². The van der Waals surface area contributed by atoms with Gasteiger partial charge in [-0.3, -0.25) is 4.79 Å². The van der Waals surface area contributed by atoms with Crippen LogP contribution >= 0.6 is 11.8 Å². The summed E-state index contributed by atoms with van der Waals surface area (Å²) in [7, 11) is -3.42. The molecule has 21 heavy (non-hydrogen) atoms. The van der Waals surface area contributed by atoms with Crippen LogP contribution in [0.1, 0.15) is 32.6 Å². The molecule has 0 aromatic heterocycles. The Balaban J connectivity index is 2.66. The number of carbonyl (C=O) groups is 1. The number of thioether (sulfide) groups is 1. The van der Waals surface area contributed by atoms with Gasteiger partial charge in [0.1, 0.15) is 6.04 Å². The van der Waals surface area contributed by atoms with Gasteiger partial charge in [0.25, 0.3) is 0 Å². The van der Waals surface area contributed by atoms with Crippen molar-refractivity contribution >= 4 is 27.7 Å². The molecule has 0 radical (unpaired) electrons. The van der Waals surface area contributed by atoms with Crippen molar-refractivity contribution < 1.29 is 18.3 Å². The molecule has 124 valence electrons. The van der Waals surface area contributed by atoms with Gasteiger partial charge in [0.15, 0.2) is 0 Å². The summed E-state index contributed by atoms with van der Waals surface area (Å²) in [6.45, 7) is 1.60. The highest BCUT2D eigenvalue weighted by Gasteiger charge is 2.31. The fourth-order valence-corrected chi connectivity index (χ4v) is 3.80. The third kappa shape index (κ3) is 6.14. The van der Waals surface area contributed by atoms with E-state index in [1.54, 1.807) is 18.7 Å². The number of hydrogen-bond acceptors (Lipinski definition) is 5. The number of aliphatic hydroxyl groups is 1. The van der Waals surface area contributed by atoms with E-state index in [-0.39, 0.29) is 30.2 Å². The Morgan fingerprint density at radius 1 is 1.43 bits per heavy atom. The second-order valence-corrected chi connectivity index (χ2v) is 8.37. The fourth-order valence-electron chi connectivity index (χ4n) is 2.51. The first-order valence-corrected chi connectivity index (χ1v) is 10.4. The van der Waals surface area contributed by atoms with E-state index in [1.165, 1.54) is 0 Å². The average Bonchev–Trinajstić information content (AvgIpc) is 2.90. The number of nitrogens with one attached hydrogen (secondary N) is 2. The van der Waals surface area contributed by atoms with Gasteiger partial charge in [0, 0.05) is 18.6 Å². The van der Waals surface area contributed by atoms with Crippen LogP contribution in [0.3, 0.4) is 0 Å². The molecule has 1 saturated carbocycles. The highest BCUT2D eigenvalue weighted by atomic mass is 32.2. The lowest BCUT2D eigenvalue weighted by atomic mass is 10.0. The largest absolute Gasteiger partial charge is 0.396 e. The van der Waals surface area contributed by atoms with Gasteiger partial charge in [0.2, 0.25) is 15.9 Å². The summed E-state index contributed by atoms with van der Waals surface area (Å²) in [5.41, 5.74) is 0. The summed E-state index contributed by atoms with van der Waals surface area (Å²) in [5.74, 6) is 0.460. The minimum atomic E-state index is -3.42. The second-order valence-electron chi connectivity index (χ2n) is 5.34. The van der Waals surface area contributed by atoms with Gasteiger partial charge in [0.05, 0.1) is 5.75 Å². The summed E-state index contributed by atoms with van der Waals surface area (Å²) < 4.78 is 25.9. The lowest BCUT2D eigenvalue weighted by molar-refractivity contribution is -0.123. The first-order chi connectivity index (χ1) is 9.93. The van der Waals surface area contributed by atoms with Crippen molar-refractivity contribution in [1.29, 1.82) is 0 Å². The normalized spacial score (nSPS) is 24.0. The maximum absolute atomic E-state index is 12.3. The van der Waals surface area contributed by atoms with Gasteiger partial charge >= 0.3 is 0 Å². The number of rotatable bonds is 9. The average molecular weight is 338 g/mol. The fraction of sp³-hybridized carbons (Fsp3) is 0.923. The lowest BCUT2D eigenvalue weighted by Crippen LogP contribution is -2.51. The molecule has 0 spiro atoms. The van der Waals surface area contributed by atoms with Crippen molar-refractivity contribution in [2.75, 3.05) is 24.4 Å². The van der Waals surface area contributed by atoms with Crippen LogP contribution in [0.25, 0.3) is 0 Å². The van der Waals surface area contributed by atoms with Crippen LogP contribution in [0.4, 0.5) is 0 Å². The van der Waals surface area contributed by atoms with Crippen LogP contribution in [-0.2, 0) is 14.8 Å². The van der Waals surface area contributed by atoms with Crippen LogP contribution in [0.5, 0.6) is 0 Å². The summed E-state index contributed by atoms with van der Waals surface area (Å²) in [6, 6.07) is -0.784. The van der Waals surface area contributed by atoms with E-state index in [2.05, 4.69) is 10.0 Å². The number of sulfonamides is 1. The van der Waals surface area contributed by atoms with Crippen LogP contribution in [0.2, 0.25) is 0 Å². The number of hydrogen-bond donors (Lipinski definition) is 3. The Bertz CT molecular complexity index is 428. The van der Waals surface area contributed by atoms with Crippen molar-refractivity contribution in [3.05, 3.63) is 0 Å². The maximum atomic E-state index is 12.3. The van der Waals surface area contributed by atoms with Crippen molar-refractivity contribution in [3.8, 4) is 0 Å². The first kappa shape index (κ1) is 18.7. The molecule has 1 fully saturated rings. The van der Waals surface area contributed by atoms with Crippen molar-refractivity contribution in [3.63, 3.8) is 0 Å². The van der Waals surface area contributed by atoms with E-state index in [0.29, 0.717) is 12.2 Å². The van der Waals surface area contributed by atoms with Crippen LogP contribution in [-0.4, -0.2) is 55.9 Å². The minimum absolute atomic E-state index is 0.0429. The third-order valence-corrected chi connectivity index (χ3v) is 5.90. The molecule has 1 aliphatic rings. The van der Waals surface area contributed by atoms with Crippen molar-refractivity contribution in [2.24, 2.45) is 5.92 Å². The van der Waals surface area contributed by atoms with Gasteiger partial charge in [-0.05, 0) is 38.2 Å². The van der Waals surface area contributed by atoms with Gasteiger partial charge in [-0.25, -0.2) is 13.1 Å². The molecule has 0 aliphatic heterocycles. The lowest BCUT2D eigenvalue weighted by Gasteiger charge is -2.23. The standard InChI is InChI=1S/C13H26N2O4S2/c1-3-21(18,19)15-12(7-8-20-2)13(17)14-11-6-4-5-10(11)9-16/h10-12,15-16H,3-9H2,1-2H3,(H,14,17). The third-order valence-electron chi connectivity index (χ3n) is 3.85. The molecule has 0 bridgehead atoms. The van der Waals surface area contributed by atoms with Gasteiger partial charge in [-0.2, -0.15) is 11.8 Å². The predicted molar refractivity (Wildman–Crippen MR) is 85.7 cm³/mol. The summed E-state index contributed by atoms with van der Waals surface area (Å²) >= 11 is 1.57. The molecule has 3 unspecified atom stereocenters. The molecule has 1 rings (SSSR count). The topological polar surface area (TPSA) is 95.5 Å². The smallest absolute Gasteiger partial charge is 0.238 e. The summed E-state index contributed by atoms with van der Waals surface area (Å²) in [5, 5.41) is 12.2. The molecule has 0 aromatic carbocycles. The van der Waals surface area contributed by atoms with Crippen molar-refractivity contribution in [1.82, 2.24) is 10.0 Å². The van der Waals surface area contributed by atoms with Crippen LogP contribution < -0.4 is 10.0 Å².